The fourth-order valence-corrected chi connectivity index (χ4v) is 5.78. The van der Waals surface area contributed by atoms with Crippen LogP contribution in [0.1, 0.15) is 31.4 Å². The third kappa shape index (κ3) is 7.33. The highest BCUT2D eigenvalue weighted by Crippen LogP contribution is 2.38. The number of hydrogen-bond donors (Lipinski definition) is 1. The molecule has 40 heavy (non-hydrogen) atoms. The second-order valence-corrected chi connectivity index (χ2v) is 11.1. The Labute approximate surface area is 236 Å². The van der Waals surface area contributed by atoms with Gasteiger partial charge in [-0.15, -0.1) is 0 Å². The quantitative estimate of drug-likeness (QED) is 0.317. The molecule has 0 fully saturated rings. The summed E-state index contributed by atoms with van der Waals surface area (Å²) < 4.78 is 69.1. The van der Waals surface area contributed by atoms with Crippen LogP contribution in [0.2, 0.25) is 5.02 Å². The van der Waals surface area contributed by atoms with Crippen molar-refractivity contribution in [1.82, 2.24) is 10.2 Å². The van der Waals surface area contributed by atoms with Crippen LogP contribution >= 0.6 is 11.6 Å². The van der Waals surface area contributed by atoms with Crippen LogP contribution in [0, 0.1) is 0 Å². The molecule has 0 aliphatic carbocycles. The molecule has 0 saturated heterocycles. The van der Waals surface area contributed by atoms with Gasteiger partial charge in [0.1, 0.15) is 12.6 Å². The van der Waals surface area contributed by atoms with Crippen molar-refractivity contribution in [3.63, 3.8) is 0 Å². The van der Waals surface area contributed by atoms with Crippen LogP contribution in [0.3, 0.4) is 0 Å². The summed E-state index contributed by atoms with van der Waals surface area (Å²) in [6.07, 6.45) is -4.65. The molecule has 0 aliphatic rings. The third-order valence-electron chi connectivity index (χ3n) is 6.09. The molecule has 0 saturated carbocycles. The highest BCUT2D eigenvalue weighted by atomic mass is 35.5. The maximum atomic E-state index is 13.9. The van der Waals surface area contributed by atoms with E-state index < -0.39 is 56.9 Å². The number of benzene rings is 3. The number of halogens is 4. The highest BCUT2D eigenvalue weighted by Gasteiger charge is 2.37. The number of carbonyl (C=O) groups is 2. The average Bonchev–Trinajstić information content (AvgIpc) is 2.92. The molecule has 0 bridgehead atoms. The maximum Gasteiger partial charge on any atom is 0.417 e. The van der Waals surface area contributed by atoms with Gasteiger partial charge in [-0.25, -0.2) is 8.42 Å². The normalized spacial score (nSPS) is 12.4. The van der Waals surface area contributed by atoms with Gasteiger partial charge >= 0.3 is 6.18 Å². The summed E-state index contributed by atoms with van der Waals surface area (Å²) in [7, 11) is -4.52. The van der Waals surface area contributed by atoms with Gasteiger partial charge in [-0.1, -0.05) is 67.1 Å². The Kier molecular flexibility index (Phi) is 10.2. The van der Waals surface area contributed by atoms with E-state index in [0.717, 1.165) is 12.1 Å². The number of hydrogen-bond acceptors (Lipinski definition) is 4. The molecule has 7 nitrogen and oxygen atoms in total. The molecule has 0 spiro atoms. The zero-order valence-electron chi connectivity index (χ0n) is 21.9. The minimum atomic E-state index is -4.87. The summed E-state index contributed by atoms with van der Waals surface area (Å²) in [5.74, 6) is -1.21. The lowest BCUT2D eigenvalue weighted by atomic mass is 10.1. The van der Waals surface area contributed by atoms with Gasteiger partial charge in [0, 0.05) is 13.1 Å². The molecule has 3 aromatic rings. The fraction of sp³-hybridized carbons (Fsp3) is 0.286. The Morgan fingerprint density at radius 1 is 0.950 bits per heavy atom. The molecule has 1 atom stereocenters. The summed E-state index contributed by atoms with van der Waals surface area (Å²) in [6.45, 7) is 2.85. The van der Waals surface area contributed by atoms with Gasteiger partial charge in [0.15, 0.2) is 0 Å². The standard InChI is InChI=1S/C28H29ClF3N3O4S/c1-3-25(27(37)33-4-2)34(18-20-11-7-5-8-12-20)26(36)19-35(40(38,39)22-13-9-6-10-14-22)21-15-16-24(29)23(17-21)28(30,31)32/h5-17,25H,3-4,18-19H2,1-2H3,(H,33,37). The molecule has 1 N–H and O–H groups in total. The highest BCUT2D eigenvalue weighted by molar-refractivity contribution is 7.92. The molecular formula is C28H29ClF3N3O4S. The first-order chi connectivity index (χ1) is 18.9. The predicted octanol–water partition coefficient (Wildman–Crippen LogP) is 5.50. The van der Waals surface area contributed by atoms with E-state index in [1.807, 2.05) is 0 Å². The van der Waals surface area contributed by atoms with Crippen LogP contribution in [-0.4, -0.2) is 44.3 Å². The van der Waals surface area contributed by atoms with Crippen LogP contribution < -0.4 is 9.62 Å². The lowest BCUT2D eigenvalue weighted by Gasteiger charge is -2.33. The Hall–Kier alpha value is -3.57. The van der Waals surface area contributed by atoms with Crippen LogP contribution in [0.5, 0.6) is 0 Å². The van der Waals surface area contributed by atoms with E-state index in [-0.39, 0.29) is 17.9 Å². The summed E-state index contributed by atoms with van der Waals surface area (Å²) in [4.78, 5) is 27.8. The first-order valence-electron chi connectivity index (χ1n) is 12.5. The molecule has 0 aliphatic heterocycles. The Morgan fingerprint density at radius 2 is 1.55 bits per heavy atom. The fourth-order valence-electron chi connectivity index (χ4n) is 4.13. The van der Waals surface area contributed by atoms with Crippen LogP contribution in [0.25, 0.3) is 0 Å². The van der Waals surface area contributed by atoms with Crippen molar-refractivity contribution < 1.29 is 31.2 Å². The number of nitrogens with one attached hydrogen (secondary N) is 1. The second kappa shape index (κ2) is 13.2. The molecule has 0 heterocycles. The molecule has 12 heteroatoms. The number of anilines is 1. The number of sulfonamides is 1. The number of rotatable bonds is 11. The summed E-state index contributed by atoms with van der Waals surface area (Å²) in [6, 6.07) is 17.5. The van der Waals surface area contributed by atoms with Gasteiger partial charge < -0.3 is 10.2 Å². The van der Waals surface area contributed by atoms with E-state index in [2.05, 4.69) is 5.32 Å². The van der Waals surface area contributed by atoms with E-state index in [1.54, 1.807) is 50.2 Å². The number of nitrogens with zero attached hydrogens (tertiary/aromatic N) is 2. The maximum absolute atomic E-state index is 13.9. The van der Waals surface area contributed by atoms with Crippen molar-refractivity contribution in [2.45, 2.75) is 43.9 Å². The van der Waals surface area contributed by atoms with Crippen LogP contribution in [0.4, 0.5) is 18.9 Å². The van der Waals surface area contributed by atoms with E-state index in [9.17, 15) is 31.2 Å². The van der Waals surface area contributed by atoms with Crippen molar-refractivity contribution >= 4 is 39.1 Å². The van der Waals surface area contributed by atoms with Gasteiger partial charge in [0.05, 0.1) is 21.2 Å². The van der Waals surface area contributed by atoms with Crippen molar-refractivity contribution in [2.75, 3.05) is 17.4 Å². The zero-order chi connectivity index (χ0) is 29.5. The minimum Gasteiger partial charge on any atom is -0.355 e. The molecule has 0 radical (unpaired) electrons. The zero-order valence-corrected chi connectivity index (χ0v) is 23.4. The number of alkyl halides is 3. The van der Waals surface area contributed by atoms with E-state index >= 15 is 0 Å². The molecule has 3 aromatic carbocycles. The van der Waals surface area contributed by atoms with Gasteiger partial charge in [-0.3, -0.25) is 13.9 Å². The second-order valence-electron chi connectivity index (χ2n) is 8.81. The molecule has 2 amide bonds. The van der Waals surface area contributed by atoms with Crippen LogP contribution in [0.15, 0.2) is 83.8 Å². The smallest absolute Gasteiger partial charge is 0.355 e. The summed E-state index contributed by atoms with van der Waals surface area (Å²) in [5, 5.41) is 2.07. The van der Waals surface area contributed by atoms with Crippen molar-refractivity contribution in [3.8, 4) is 0 Å². The van der Waals surface area contributed by atoms with Crippen LogP contribution in [-0.2, 0) is 32.3 Å². The van der Waals surface area contributed by atoms with Gasteiger partial charge in [0.25, 0.3) is 10.0 Å². The number of carbonyl (C=O) groups excluding carboxylic acids is 2. The predicted molar refractivity (Wildman–Crippen MR) is 147 cm³/mol. The van der Waals surface area contributed by atoms with Gasteiger partial charge in [-0.05, 0) is 49.2 Å². The molecule has 1 unspecified atom stereocenters. The monoisotopic (exact) mass is 595 g/mol. The van der Waals surface area contributed by atoms with Crippen molar-refractivity contribution in [3.05, 3.63) is 95.0 Å². The van der Waals surface area contributed by atoms with E-state index in [4.69, 9.17) is 11.6 Å². The number of likely N-dealkylation sites (N-methyl/N-ethyl adjacent to an activating group) is 1. The van der Waals surface area contributed by atoms with E-state index in [1.165, 1.54) is 29.2 Å². The first-order valence-corrected chi connectivity index (χ1v) is 14.3. The Balaban J connectivity index is 2.13. The topological polar surface area (TPSA) is 86.8 Å². The van der Waals surface area contributed by atoms with Gasteiger partial charge in [0.2, 0.25) is 11.8 Å². The summed E-state index contributed by atoms with van der Waals surface area (Å²) >= 11 is 5.78. The Morgan fingerprint density at radius 3 is 2.10 bits per heavy atom. The lowest BCUT2D eigenvalue weighted by Crippen LogP contribution is -2.52. The largest absolute Gasteiger partial charge is 0.417 e. The molecule has 214 valence electrons. The Bertz CT molecular complexity index is 1420. The number of amides is 2. The SMILES string of the molecule is CCNC(=O)C(CC)N(Cc1ccccc1)C(=O)CN(c1ccc(Cl)c(C(F)(F)F)c1)S(=O)(=O)c1ccccc1. The molecule has 0 aromatic heterocycles. The third-order valence-corrected chi connectivity index (χ3v) is 8.20. The van der Waals surface area contributed by atoms with Crippen molar-refractivity contribution in [1.29, 1.82) is 0 Å². The van der Waals surface area contributed by atoms with E-state index in [0.29, 0.717) is 22.5 Å². The van der Waals surface area contributed by atoms with Crippen molar-refractivity contribution in [2.24, 2.45) is 0 Å². The average molecular weight is 596 g/mol. The summed E-state index contributed by atoms with van der Waals surface area (Å²) in [5.41, 5.74) is -0.969. The lowest BCUT2D eigenvalue weighted by molar-refractivity contribution is -0.140. The molecule has 3 rings (SSSR count). The van der Waals surface area contributed by atoms with Gasteiger partial charge in [-0.2, -0.15) is 13.2 Å². The molecular weight excluding hydrogens is 567 g/mol. The minimum absolute atomic E-state index is 0.0248. The first kappa shape index (κ1) is 31.0.